The minimum atomic E-state index is -0.357. The molecule has 2 aliphatic rings. The molecule has 0 fully saturated rings. The molecular weight excluding hydrogens is 330 g/mol. The van der Waals surface area contributed by atoms with E-state index in [1.54, 1.807) is 7.11 Å². The molecule has 1 amide bonds. The SMILES string of the molecule is COCCN1CCc2c(-c3ccccc3)cc3c(c2C1)NC(=O)/C3=N\O. The van der Waals surface area contributed by atoms with Crippen molar-refractivity contribution in [2.75, 3.05) is 32.1 Å². The highest BCUT2D eigenvalue weighted by Crippen LogP contribution is 2.40. The number of fused-ring (bicyclic) bond motifs is 3. The van der Waals surface area contributed by atoms with Crippen molar-refractivity contribution in [3.8, 4) is 11.1 Å². The van der Waals surface area contributed by atoms with Crippen molar-refractivity contribution < 1.29 is 14.7 Å². The van der Waals surface area contributed by atoms with E-state index in [0.717, 1.165) is 48.4 Å². The summed E-state index contributed by atoms with van der Waals surface area (Å²) in [6.45, 7) is 3.20. The number of hydrogen-bond donors (Lipinski definition) is 2. The second-order valence-electron chi connectivity index (χ2n) is 6.59. The Morgan fingerprint density at radius 1 is 1.23 bits per heavy atom. The molecule has 0 aliphatic carbocycles. The molecule has 134 valence electrons. The van der Waals surface area contributed by atoms with E-state index in [1.807, 2.05) is 24.3 Å². The van der Waals surface area contributed by atoms with Gasteiger partial charge in [0.05, 0.1) is 12.3 Å². The Morgan fingerprint density at radius 2 is 2.04 bits per heavy atom. The number of amides is 1. The lowest BCUT2D eigenvalue weighted by Gasteiger charge is -2.31. The van der Waals surface area contributed by atoms with Gasteiger partial charge >= 0.3 is 0 Å². The van der Waals surface area contributed by atoms with Crippen LogP contribution >= 0.6 is 0 Å². The van der Waals surface area contributed by atoms with Crippen LogP contribution in [0.15, 0.2) is 41.6 Å². The minimum Gasteiger partial charge on any atom is -0.410 e. The Labute approximate surface area is 152 Å². The van der Waals surface area contributed by atoms with Gasteiger partial charge in [0.1, 0.15) is 0 Å². The third kappa shape index (κ3) is 2.77. The average Bonchev–Trinajstić information content (AvgIpc) is 3.01. The van der Waals surface area contributed by atoms with Crippen LogP contribution in [0.4, 0.5) is 5.69 Å². The number of nitrogens with zero attached hydrogens (tertiary/aromatic N) is 2. The molecule has 2 aromatic carbocycles. The summed E-state index contributed by atoms with van der Waals surface area (Å²) in [7, 11) is 1.70. The van der Waals surface area contributed by atoms with Gasteiger partial charge in [-0.15, -0.1) is 0 Å². The fourth-order valence-electron chi connectivity index (χ4n) is 3.82. The topological polar surface area (TPSA) is 74.2 Å². The number of oxime groups is 1. The van der Waals surface area contributed by atoms with E-state index in [1.165, 1.54) is 5.56 Å². The van der Waals surface area contributed by atoms with E-state index >= 15 is 0 Å². The monoisotopic (exact) mass is 351 g/mol. The van der Waals surface area contributed by atoms with E-state index < -0.39 is 0 Å². The van der Waals surface area contributed by atoms with Crippen LogP contribution < -0.4 is 5.32 Å². The Morgan fingerprint density at radius 3 is 2.77 bits per heavy atom. The van der Waals surface area contributed by atoms with Gasteiger partial charge in [-0.3, -0.25) is 9.69 Å². The van der Waals surface area contributed by atoms with Crippen molar-refractivity contribution in [3.05, 3.63) is 53.1 Å². The number of ether oxygens (including phenoxy) is 1. The van der Waals surface area contributed by atoms with Gasteiger partial charge in [-0.2, -0.15) is 0 Å². The van der Waals surface area contributed by atoms with Crippen LogP contribution in [0.2, 0.25) is 0 Å². The highest BCUT2D eigenvalue weighted by Gasteiger charge is 2.33. The van der Waals surface area contributed by atoms with Crippen LogP contribution in [-0.2, 0) is 22.5 Å². The normalized spacial score (nSPS) is 17.9. The molecular formula is C20H21N3O3. The van der Waals surface area contributed by atoms with E-state index in [4.69, 9.17) is 4.74 Å². The lowest BCUT2D eigenvalue weighted by molar-refractivity contribution is -0.110. The van der Waals surface area contributed by atoms with Crippen molar-refractivity contribution >= 4 is 17.3 Å². The predicted octanol–water partition coefficient (Wildman–Crippen LogP) is 2.49. The van der Waals surface area contributed by atoms with Gasteiger partial charge in [-0.05, 0) is 34.7 Å². The number of rotatable bonds is 4. The summed E-state index contributed by atoms with van der Waals surface area (Å²) in [5.41, 5.74) is 6.09. The summed E-state index contributed by atoms with van der Waals surface area (Å²) in [4.78, 5) is 14.5. The molecule has 0 atom stereocenters. The molecule has 2 aromatic rings. The lowest BCUT2D eigenvalue weighted by atomic mass is 9.87. The zero-order valence-corrected chi connectivity index (χ0v) is 14.7. The second kappa shape index (κ2) is 6.90. The van der Waals surface area contributed by atoms with Crippen molar-refractivity contribution in [3.63, 3.8) is 0 Å². The first-order valence-corrected chi connectivity index (χ1v) is 8.72. The van der Waals surface area contributed by atoms with Gasteiger partial charge in [-0.1, -0.05) is 35.5 Å². The van der Waals surface area contributed by atoms with E-state index in [0.29, 0.717) is 12.2 Å². The Bertz CT molecular complexity index is 878. The molecule has 2 N–H and O–H groups in total. The molecule has 0 aromatic heterocycles. The zero-order chi connectivity index (χ0) is 18.1. The molecule has 2 heterocycles. The summed E-state index contributed by atoms with van der Waals surface area (Å²) < 4.78 is 5.21. The maximum Gasteiger partial charge on any atom is 0.278 e. The number of hydrogen-bond acceptors (Lipinski definition) is 5. The molecule has 6 heteroatoms. The first-order valence-electron chi connectivity index (χ1n) is 8.72. The molecule has 0 bridgehead atoms. The highest BCUT2D eigenvalue weighted by atomic mass is 16.5. The third-order valence-corrected chi connectivity index (χ3v) is 5.11. The molecule has 6 nitrogen and oxygen atoms in total. The lowest BCUT2D eigenvalue weighted by Crippen LogP contribution is -2.34. The Kier molecular flexibility index (Phi) is 4.44. The summed E-state index contributed by atoms with van der Waals surface area (Å²) in [6.07, 6.45) is 0.901. The number of anilines is 1. The number of carbonyl (C=O) groups excluding carboxylic acids is 1. The molecule has 0 saturated heterocycles. The van der Waals surface area contributed by atoms with E-state index in [9.17, 15) is 10.0 Å². The summed E-state index contributed by atoms with van der Waals surface area (Å²) in [5.74, 6) is -0.357. The van der Waals surface area contributed by atoms with Crippen LogP contribution in [-0.4, -0.2) is 48.5 Å². The van der Waals surface area contributed by atoms with Crippen molar-refractivity contribution in [2.24, 2.45) is 5.16 Å². The molecule has 2 aliphatic heterocycles. The van der Waals surface area contributed by atoms with Gasteiger partial charge in [0.2, 0.25) is 0 Å². The number of carbonyl (C=O) groups is 1. The first kappa shape index (κ1) is 16.8. The molecule has 0 saturated carbocycles. The van der Waals surface area contributed by atoms with Crippen molar-refractivity contribution in [1.82, 2.24) is 4.90 Å². The highest BCUT2D eigenvalue weighted by molar-refractivity contribution is 6.54. The standard InChI is InChI=1S/C20H21N3O3/c1-26-10-9-23-8-7-14-15(13-5-3-2-4-6-13)11-16-18(17(14)12-23)21-20(24)19(16)22-25/h2-6,11,25H,7-10,12H2,1H3,(H,21,22,24). The molecule has 26 heavy (non-hydrogen) atoms. The number of benzene rings is 2. The first-order chi connectivity index (χ1) is 12.7. The Balaban J connectivity index is 1.86. The quantitative estimate of drug-likeness (QED) is 0.656. The van der Waals surface area contributed by atoms with Crippen molar-refractivity contribution in [1.29, 1.82) is 0 Å². The molecule has 0 spiro atoms. The number of nitrogens with one attached hydrogen (secondary N) is 1. The maximum atomic E-state index is 12.2. The predicted molar refractivity (Wildman–Crippen MR) is 99.7 cm³/mol. The van der Waals surface area contributed by atoms with Crippen LogP contribution in [0.3, 0.4) is 0 Å². The van der Waals surface area contributed by atoms with Gasteiger partial charge in [0.15, 0.2) is 5.71 Å². The second-order valence-corrected chi connectivity index (χ2v) is 6.59. The van der Waals surface area contributed by atoms with Crippen LogP contribution in [0.1, 0.15) is 16.7 Å². The maximum absolute atomic E-state index is 12.2. The van der Waals surface area contributed by atoms with Crippen LogP contribution in [0, 0.1) is 0 Å². The molecule has 4 rings (SSSR count). The van der Waals surface area contributed by atoms with Crippen LogP contribution in [0.25, 0.3) is 11.1 Å². The Hall–Kier alpha value is -2.70. The van der Waals surface area contributed by atoms with Gasteiger partial charge in [0.25, 0.3) is 5.91 Å². The number of methoxy groups -OCH3 is 1. The molecule has 0 radical (unpaired) electrons. The summed E-state index contributed by atoms with van der Waals surface area (Å²) in [5, 5.41) is 15.4. The minimum absolute atomic E-state index is 0.0778. The van der Waals surface area contributed by atoms with Crippen LogP contribution in [0.5, 0.6) is 0 Å². The summed E-state index contributed by atoms with van der Waals surface area (Å²) in [6, 6.07) is 12.1. The zero-order valence-electron chi connectivity index (χ0n) is 14.7. The fourth-order valence-corrected chi connectivity index (χ4v) is 3.82. The van der Waals surface area contributed by atoms with E-state index in [2.05, 4.69) is 27.5 Å². The third-order valence-electron chi connectivity index (χ3n) is 5.11. The smallest absolute Gasteiger partial charge is 0.278 e. The van der Waals surface area contributed by atoms with Gasteiger partial charge in [0, 0.05) is 32.3 Å². The fraction of sp³-hybridized carbons (Fsp3) is 0.300. The molecule has 0 unspecified atom stereocenters. The van der Waals surface area contributed by atoms with Gasteiger partial charge in [-0.25, -0.2) is 0 Å². The average molecular weight is 351 g/mol. The van der Waals surface area contributed by atoms with Gasteiger partial charge < -0.3 is 15.3 Å². The largest absolute Gasteiger partial charge is 0.410 e. The van der Waals surface area contributed by atoms with E-state index in [-0.39, 0.29) is 11.6 Å². The van der Waals surface area contributed by atoms with Crippen molar-refractivity contribution in [2.45, 2.75) is 13.0 Å². The summed E-state index contributed by atoms with van der Waals surface area (Å²) >= 11 is 0.